The summed E-state index contributed by atoms with van der Waals surface area (Å²) in [7, 11) is 0. The maximum absolute atomic E-state index is 13.4. The maximum atomic E-state index is 13.4. The van der Waals surface area contributed by atoms with Gasteiger partial charge in [-0.1, -0.05) is 27.5 Å². The van der Waals surface area contributed by atoms with Gasteiger partial charge in [-0.25, -0.2) is 4.39 Å². The molecule has 0 aromatic heterocycles. The molecule has 0 aliphatic rings. The van der Waals surface area contributed by atoms with Crippen molar-refractivity contribution in [2.45, 2.75) is 0 Å². The minimum atomic E-state index is -0.453. The van der Waals surface area contributed by atoms with Crippen LogP contribution < -0.4 is 10.6 Å². The predicted molar refractivity (Wildman–Crippen MR) is 82.7 cm³/mol. The Labute approximate surface area is 129 Å². The molecule has 0 saturated carbocycles. The number of hydrogen-bond acceptors (Lipinski definition) is 2. The third-order valence-electron chi connectivity index (χ3n) is 2.50. The zero-order valence-corrected chi connectivity index (χ0v) is 12.6. The highest BCUT2D eigenvalue weighted by Gasteiger charge is 2.06. The Bertz CT molecular complexity index is 619. The lowest BCUT2D eigenvalue weighted by Crippen LogP contribution is -2.22. The second kappa shape index (κ2) is 6.72. The van der Waals surface area contributed by atoms with Gasteiger partial charge in [0.25, 0.3) is 0 Å². The van der Waals surface area contributed by atoms with Gasteiger partial charge in [0.2, 0.25) is 5.91 Å². The van der Waals surface area contributed by atoms with Crippen LogP contribution in [0.15, 0.2) is 46.9 Å². The highest BCUT2D eigenvalue weighted by molar-refractivity contribution is 9.10. The number of carbonyl (C=O) groups excluding carboxylic acids is 1. The van der Waals surface area contributed by atoms with Crippen LogP contribution in [0.5, 0.6) is 0 Å². The maximum Gasteiger partial charge on any atom is 0.243 e. The van der Waals surface area contributed by atoms with Gasteiger partial charge in [-0.05, 0) is 42.5 Å². The highest BCUT2D eigenvalue weighted by atomic mass is 79.9. The molecule has 0 spiro atoms. The molecule has 0 aliphatic heterocycles. The van der Waals surface area contributed by atoms with Gasteiger partial charge in [0.1, 0.15) is 5.82 Å². The number of amides is 1. The Morgan fingerprint density at radius 2 is 1.90 bits per heavy atom. The number of anilines is 2. The lowest BCUT2D eigenvalue weighted by molar-refractivity contribution is -0.114. The Balaban J connectivity index is 1.92. The molecular weight excluding hydrogens is 347 g/mol. The Morgan fingerprint density at radius 1 is 1.20 bits per heavy atom. The largest absolute Gasteiger partial charge is 0.374 e. The molecule has 0 aliphatic carbocycles. The molecule has 104 valence electrons. The van der Waals surface area contributed by atoms with E-state index in [9.17, 15) is 9.18 Å². The van der Waals surface area contributed by atoms with Crippen LogP contribution in [0.2, 0.25) is 5.02 Å². The molecule has 6 heteroatoms. The van der Waals surface area contributed by atoms with E-state index in [1.807, 2.05) is 12.1 Å². The van der Waals surface area contributed by atoms with E-state index in [4.69, 9.17) is 11.6 Å². The molecule has 20 heavy (non-hydrogen) atoms. The second-order valence-electron chi connectivity index (χ2n) is 4.03. The van der Waals surface area contributed by atoms with Gasteiger partial charge in [-0.2, -0.15) is 0 Å². The molecule has 2 aromatic carbocycles. The van der Waals surface area contributed by atoms with Gasteiger partial charge in [0.05, 0.1) is 12.2 Å². The monoisotopic (exact) mass is 356 g/mol. The first-order valence-electron chi connectivity index (χ1n) is 5.79. The van der Waals surface area contributed by atoms with Crippen molar-refractivity contribution < 1.29 is 9.18 Å². The number of halogens is 3. The predicted octanol–water partition coefficient (Wildman–Crippen LogP) is 4.29. The van der Waals surface area contributed by atoms with Crippen molar-refractivity contribution in [1.82, 2.24) is 0 Å². The number of benzene rings is 2. The number of nitrogens with one attached hydrogen (secondary N) is 2. The topological polar surface area (TPSA) is 41.1 Å². The number of carbonyl (C=O) groups is 1. The number of hydrogen-bond donors (Lipinski definition) is 2. The van der Waals surface area contributed by atoms with Crippen LogP contribution in [0.3, 0.4) is 0 Å². The van der Waals surface area contributed by atoms with Crippen molar-refractivity contribution in [2.24, 2.45) is 0 Å². The summed E-state index contributed by atoms with van der Waals surface area (Å²) in [4.78, 5) is 11.7. The molecule has 2 N–H and O–H groups in total. The number of rotatable bonds is 4. The summed E-state index contributed by atoms with van der Waals surface area (Å²) in [6.45, 7) is -0.0483. The Morgan fingerprint density at radius 3 is 2.60 bits per heavy atom. The van der Waals surface area contributed by atoms with Gasteiger partial charge < -0.3 is 10.6 Å². The molecule has 0 heterocycles. The SMILES string of the molecule is O=C(CNc1cc(Cl)ccc1F)Nc1ccc(Br)cc1. The lowest BCUT2D eigenvalue weighted by atomic mass is 10.3. The summed E-state index contributed by atoms with van der Waals surface area (Å²) in [5.74, 6) is -0.725. The van der Waals surface area contributed by atoms with Crippen molar-refractivity contribution in [3.63, 3.8) is 0 Å². The van der Waals surface area contributed by atoms with Crippen LogP contribution >= 0.6 is 27.5 Å². The summed E-state index contributed by atoms with van der Waals surface area (Å²) >= 11 is 9.07. The lowest BCUT2D eigenvalue weighted by Gasteiger charge is -2.09. The van der Waals surface area contributed by atoms with Crippen molar-refractivity contribution in [1.29, 1.82) is 0 Å². The van der Waals surface area contributed by atoms with E-state index in [2.05, 4.69) is 26.6 Å². The van der Waals surface area contributed by atoms with Crippen molar-refractivity contribution in [3.05, 3.63) is 57.8 Å². The van der Waals surface area contributed by atoms with E-state index in [1.165, 1.54) is 18.2 Å². The summed E-state index contributed by atoms with van der Waals surface area (Å²) < 4.78 is 14.4. The fraction of sp³-hybridized carbons (Fsp3) is 0.0714. The van der Waals surface area contributed by atoms with E-state index < -0.39 is 5.82 Å². The summed E-state index contributed by atoms with van der Waals surface area (Å²) in [5.41, 5.74) is 0.870. The van der Waals surface area contributed by atoms with E-state index in [0.717, 1.165) is 4.47 Å². The van der Waals surface area contributed by atoms with Crippen LogP contribution in [0.4, 0.5) is 15.8 Å². The zero-order valence-electron chi connectivity index (χ0n) is 10.3. The van der Waals surface area contributed by atoms with Crippen LogP contribution in [-0.4, -0.2) is 12.5 Å². The highest BCUT2D eigenvalue weighted by Crippen LogP contribution is 2.19. The molecule has 0 saturated heterocycles. The standard InChI is InChI=1S/C14H11BrClFN2O/c15-9-1-4-11(5-2-9)19-14(20)8-18-13-7-10(16)3-6-12(13)17/h1-7,18H,8H2,(H,19,20). The first kappa shape index (κ1) is 14.8. The molecule has 2 rings (SSSR count). The molecule has 0 bridgehead atoms. The summed E-state index contributed by atoms with van der Waals surface area (Å²) in [6, 6.07) is 11.3. The fourth-order valence-electron chi connectivity index (χ4n) is 1.55. The molecule has 0 unspecified atom stereocenters. The first-order valence-corrected chi connectivity index (χ1v) is 6.96. The van der Waals surface area contributed by atoms with Crippen molar-refractivity contribution in [3.8, 4) is 0 Å². The van der Waals surface area contributed by atoms with Crippen molar-refractivity contribution >= 4 is 44.8 Å². The minimum Gasteiger partial charge on any atom is -0.374 e. The third-order valence-corrected chi connectivity index (χ3v) is 3.26. The quantitative estimate of drug-likeness (QED) is 0.857. The van der Waals surface area contributed by atoms with Crippen molar-refractivity contribution in [2.75, 3.05) is 17.2 Å². The van der Waals surface area contributed by atoms with E-state index in [1.54, 1.807) is 12.1 Å². The smallest absolute Gasteiger partial charge is 0.243 e. The van der Waals surface area contributed by atoms with Crippen LogP contribution in [-0.2, 0) is 4.79 Å². The van der Waals surface area contributed by atoms with Gasteiger partial charge in [0.15, 0.2) is 0 Å². The Hall–Kier alpha value is -1.59. The molecule has 3 nitrogen and oxygen atoms in total. The zero-order chi connectivity index (χ0) is 14.5. The summed E-state index contributed by atoms with van der Waals surface area (Å²) in [5, 5.41) is 5.81. The molecule has 1 amide bonds. The van der Waals surface area contributed by atoms with E-state index in [-0.39, 0.29) is 18.1 Å². The van der Waals surface area contributed by atoms with Gasteiger partial charge in [-0.15, -0.1) is 0 Å². The third kappa shape index (κ3) is 4.21. The first-order chi connectivity index (χ1) is 9.54. The van der Waals surface area contributed by atoms with Crippen LogP contribution in [0, 0.1) is 5.82 Å². The molecule has 0 fully saturated rings. The minimum absolute atomic E-state index is 0.0483. The van der Waals surface area contributed by atoms with E-state index >= 15 is 0 Å². The average molecular weight is 358 g/mol. The van der Waals surface area contributed by atoms with Gasteiger partial charge in [0, 0.05) is 15.2 Å². The molecule has 2 aromatic rings. The molecule has 0 radical (unpaired) electrons. The Kier molecular flexibility index (Phi) is 4.98. The average Bonchev–Trinajstić information content (AvgIpc) is 2.42. The second-order valence-corrected chi connectivity index (χ2v) is 5.38. The molecular formula is C14H11BrClFN2O. The fourth-order valence-corrected chi connectivity index (χ4v) is 1.98. The molecule has 0 atom stereocenters. The van der Waals surface area contributed by atoms with Gasteiger partial charge in [-0.3, -0.25) is 4.79 Å². The van der Waals surface area contributed by atoms with Gasteiger partial charge >= 0.3 is 0 Å². The normalized spacial score (nSPS) is 10.2. The van der Waals surface area contributed by atoms with Crippen LogP contribution in [0.25, 0.3) is 0 Å². The van der Waals surface area contributed by atoms with Crippen LogP contribution in [0.1, 0.15) is 0 Å². The van der Waals surface area contributed by atoms with E-state index in [0.29, 0.717) is 10.7 Å². The summed E-state index contributed by atoms with van der Waals surface area (Å²) in [6.07, 6.45) is 0.